The lowest BCUT2D eigenvalue weighted by atomic mass is 10.1. The Morgan fingerprint density at radius 2 is 1.71 bits per heavy atom. The van der Waals surface area contributed by atoms with Crippen molar-refractivity contribution < 1.29 is 19.0 Å². The molecule has 1 aromatic heterocycles. The molecule has 0 aliphatic carbocycles. The summed E-state index contributed by atoms with van der Waals surface area (Å²) < 4.78 is 16.6. The smallest absolute Gasteiger partial charge is 0.263 e. The maximum Gasteiger partial charge on any atom is 0.263 e. The Morgan fingerprint density at radius 1 is 0.935 bits per heavy atom. The van der Waals surface area contributed by atoms with Crippen molar-refractivity contribution in [3.63, 3.8) is 0 Å². The first kappa shape index (κ1) is 19.2. The maximum atomic E-state index is 12.6. The third kappa shape index (κ3) is 4.23. The highest BCUT2D eigenvalue weighted by atomic mass is 16.7. The van der Waals surface area contributed by atoms with E-state index >= 15 is 0 Å². The van der Waals surface area contributed by atoms with Crippen LogP contribution in [0.4, 0.5) is 11.5 Å². The van der Waals surface area contributed by atoms with Gasteiger partial charge < -0.3 is 24.4 Å². The Labute approximate surface area is 179 Å². The van der Waals surface area contributed by atoms with E-state index in [0.717, 1.165) is 31.7 Å². The summed E-state index contributed by atoms with van der Waals surface area (Å²) in [6, 6.07) is 12.2. The monoisotopic (exact) mass is 418 g/mol. The number of hydrogen-bond donors (Lipinski definition) is 1. The summed E-state index contributed by atoms with van der Waals surface area (Å²) in [6.07, 6.45) is 6.82. The molecule has 0 radical (unpaired) electrons. The van der Waals surface area contributed by atoms with Crippen molar-refractivity contribution in [3.8, 4) is 23.1 Å². The van der Waals surface area contributed by atoms with E-state index in [9.17, 15) is 4.79 Å². The minimum absolute atomic E-state index is 0.194. The molecule has 3 aromatic rings. The fraction of sp³-hybridized carbons (Fsp3) is 0.261. The van der Waals surface area contributed by atoms with Gasteiger partial charge in [0.05, 0.1) is 0 Å². The number of amides is 1. The van der Waals surface area contributed by atoms with Crippen LogP contribution in [0.3, 0.4) is 0 Å². The number of carbonyl (C=O) groups excluding carboxylic acids is 1. The summed E-state index contributed by atoms with van der Waals surface area (Å²) in [7, 11) is 0. The quantitative estimate of drug-likeness (QED) is 0.663. The summed E-state index contributed by atoms with van der Waals surface area (Å²) in [5.74, 6) is 2.90. The van der Waals surface area contributed by atoms with Crippen molar-refractivity contribution >= 4 is 17.4 Å². The fourth-order valence-corrected chi connectivity index (χ4v) is 3.68. The summed E-state index contributed by atoms with van der Waals surface area (Å²) >= 11 is 0. The fourth-order valence-electron chi connectivity index (χ4n) is 3.68. The van der Waals surface area contributed by atoms with Gasteiger partial charge in [-0.15, -0.1) is 0 Å². The molecule has 0 spiro atoms. The SMILES string of the molecule is O=C(Nc1ccc2c(c1)OCO2)c1ccc(Oc2nccnc2N2CCCCC2)cc1. The molecular formula is C23H22N4O4. The lowest BCUT2D eigenvalue weighted by Crippen LogP contribution is -2.30. The summed E-state index contributed by atoms with van der Waals surface area (Å²) in [5, 5.41) is 2.86. The van der Waals surface area contributed by atoms with Gasteiger partial charge in [-0.3, -0.25) is 4.79 Å². The molecule has 1 amide bonds. The predicted octanol–water partition coefficient (Wildman–Crippen LogP) is 4.24. The second-order valence-electron chi connectivity index (χ2n) is 7.38. The molecule has 8 nitrogen and oxygen atoms in total. The van der Waals surface area contributed by atoms with E-state index in [0.29, 0.717) is 34.4 Å². The van der Waals surface area contributed by atoms with E-state index < -0.39 is 0 Å². The third-order valence-electron chi connectivity index (χ3n) is 5.26. The number of piperidine rings is 1. The number of aromatic nitrogens is 2. The number of hydrogen-bond acceptors (Lipinski definition) is 7. The van der Waals surface area contributed by atoms with Crippen LogP contribution in [0.1, 0.15) is 29.6 Å². The molecule has 0 atom stereocenters. The molecule has 0 saturated carbocycles. The Hall–Kier alpha value is -3.81. The highest BCUT2D eigenvalue weighted by molar-refractivity contribution is 6.04. The standard InChI is InChI=1S/C23H22N4O4/c28-22(26-17-6-9-19-20(14-17)30-15-29-19)16-4-7-18(8-5-16)31-23-21(24-10-11-25-23)27-12-2-1-3-13-27/h4-11,14H,1-3,12-13,15H2,(H,26,28). The largest absolute Gasteiger partial charge is 0.454 e. The second-order valence-corrected chi connectivity index (χ2v) is 7.38. The van der Waals surface area contributed by atoms with Crippen molar-refractivity contribution in [2.45, 2.75) is 19.3 Å². The number of anilines is 2. The molecule has 5 rings (SSSR count). The first-order valence-corrected chi connectivity index (χ1v) is 10.3. The van der Waals surface area contributed by atoms with Crippen molar-refractivity contribution in [1.82, 2.24) is 9.97 Å². The van der Waals surface area contributed by atoms with E-state index in [4.69, 9.17) is 14.2 Å². The van der Waals surface area contributed by atoms with Gasteiger partial charge in [0.1, 0.15) is 5.75 Å². The van der Waals surface area contributed by atoms with Gasteiger partial charge in [-0.25, -0.2) is 9.97 Å². The minimum atomic E-state index is -0.223. The first-order valence-electron chi connectivity index (χ1n) is 10.3. The molecular weight excluding hydrogens is 396 g/mol. The zero-order valence-corrected chi connectivity index (χ0v) is 16.9. The zero-order chi connectivity index (χ0) is 21.0. The molecule has 1 fully saturated rings. The number of rotatable bonds is 5. The molecule has 2 aliphatic heterocycles. The Morgan fingerprint density at radius 3 is 2.55 bits per heavy atom. The predicted molar refractivity (Wildman–Crippen MR) is 115 cm³/mol. The second kappa shape index (κ2) is 8.51. The number of fused-ring (bicyclic) bond motifs is 1. The van der Waals surface area contributed by atoms with Gasteiger partial charge in [0.15, 0.2) is 17.3 Å². The van der Waals surface area contributed by atoms with E-state index in [1.807, 2.05) is 0 Å². The Kier molecular flexibility index (Phi) is 5.26. The molecule has 1 saturated heterocycles. The van der Waals surface area contributed by atoms with Gasteiger partial charge in [-0.2, -0.15) is 0 Å². The van der Waals surface area contributed by atoms with E-state index in [1.54, 1.807) is 54.9 Å². The van der Waals surface area contributed by atoms with E-state index in [-0.39, 0.29) is 12.7 Å². The van der Waals surface area contributed by atoms with Gasteiger partial charge in [-0.05, 0) is 55.7 Å². The number of ether oxygens (including phenoxy) is 3. The van der Waals surface area contributed by atoms with Crippen molar-refractivity contribution in [1.29, 1.82) is 0 Å². The van der Waals surface area contributed by atoms with E-state index in [1.165, 1.54) is 6.42 Å². The molecule has 1 N–H and O–H groups in total. The van der Waals surface area contributed by atoms with Gasteiger partial charge in [0, 0.05) is 42.8 Å². The molecule has 2 aliphatic rings. The molecule has 31 heavy (non-hydrogen) atoms. The minimum Gasteiger partial charge on any atom is -0.454 e. The van der Waals surface area contributed by atoms with Crippen LogP contribution in [0.2, 0.25) is 0 Å². The van der Waals surface area contributed by atoms with Gasteiger partial charge in [0.2, 0.25) is 6.79 Å². The lowest BCUT2D eigenvalue weighted by molar-refractivity contribution is 0.102. The maximum absolute atomic E-state index is 12.6. The van der Waals surface area contributed by atoms with Crippen LogP contribution in [0.25, 0.3) is 0 Å². The van der Waals surface area contributed by atoms with Crippen LogP contribution >= 0.6 is 0 Å². The zero-order valence-electron chi connectivity index (χ0n) is 16.9. The van der Waals surface area contributed by atoms with Crippen LogP contribution in [0.5, 0.6) is 23.1 Å². The van der Waals surface area contributed by atoms with E-state index in [2.05, 4.69) is 20.2 Å². The molecule has 8 heteroatoms. The average molecular weight is 418 g/mol. The number of nitrogens with zero attached hydrogens (tertiary/aromatic N) is 3. The normalized spacial score (nSPS) is 14.9. The Balaban J connectivity index is 1.27. The van der Waals surface area contributed by atoms with Crippen LogP contribution in [-0.2, 0) is 0 Å². The Bertz CT molecular complexity index is 1080. The molecule has 158 valence electrons. The highest BCUT2D eigenvalue weighted by Gasteiger charge is 2.18. The summed E-state index contributed by atoms with van der Waals surface area (Å²) in [6.45, 7) is 2.10. The van der Waals surface area contributed by atoms with Crippen LogP contribution in [0, 0.1) is 0 Å². The number of nitrogens with one attached hydrogen (secondary N) is 1. The summed E-state index contributed by atoms with van der Waals surface area (Å²) in [5.41, 5.74) is 1.15. The number of benzene rings is 2. The van der Waals surface area contributed by atoms with Crippen LogP contribution in [0.15, 0.2) is 54.9 Å². The van der Waals surface area contributed by atoms with Crippen molar-refractivity contribution in [3.05, 3.63) is 60.4 Å². The molecule has 0 bridgehead atoms. The first-order chi connectivity index (χ1) is 15.3. The molecule has 2 aromatic carbocycles. The third-order valence-corrected chi connectivity index (χ3v) is 5.26. The lowest BCUT2D eigenvalue weighted by Gasteiger charge is -2.28. The highest BCUT2D eigenvalue weighted by Crippen LogP contribution is 2.34. The van der Waals surface area contributed by atoms with Gasteiger partial charge in [-0.1, -0.05) is 0 Å². The van der Waals surface area contributed by atoms with Crippen LogP contribution in [-0.4, -0.2) is 35.8 Å². The average Bonchev–Trinajstić information content (AvgIpc) is 3.28. The molecule has 3 heterocycles. The molecule has 0 unspecified atom stereocenters. The van der Waals surface area contributed by atoms with Crippen LogP contribution < -0.4 is 24.4 Å². The number of carbonyl (C=O) groups is 1. The van der Waals surface area contributed by atoms with Crippen molar-refractivity contribution in [2.24, 2.45) is 0 Å². The van der Waals surface area contributed by atoms with Gasteiger partial charge >= 0.3 is 0 Å². The van der Waals surface area contributed by atoms with Crippen molar-refractivity contribution in [2.75, 3.05) is 30.1 Å². The summed E-state index contributed by atoms with van der Waals surface area (Å²) in [4.78, 5) is 23.6. The van der Waals surface area contributed by atoms with Gasteiger partial charge in [0.25, 0.3) is 11.8 Å². The topological polar surface area (TPSA) is 85.8 Å².